The van der Waals surface area contributed by atoms with Gasteiger partial charge >= 0.3 is 5.97 Å². The second-order valence-corrected chi connectivity index (χ2v) is 3.33. The van der Waals surface area contributed by atoms with Crippen LogP contribution in [0.4, 0.5) is 0 Å². The highest BCUT2D eigenvalue weighted by Gasteiger charge is 2.22. The third-order valence-electron chi connectivity index (χ3n) is 2.23. The molecule has 16 heavy (non-hydrogen) atoms. The molecule has 2 rings (SSSR count). The normalized spacial score (nSPS) is 12.6. The maximum atomic E-state index is 11.6. The molecule has 0 saturated carbocycles. The van der Waals surface area contributed by atoms with Crippen molar-refractivity contribution in [3.05, 3.63) is 24.2 Å². The van der Waals surface area contributed by atoms with Gasteiger partial charge in [0.05, 0.1) is 6.61 Å². The summed E-state index contributed by atoms with van der Waals surface area (Å²) in [7, 11) is 0. The first kappa shape index (κ1) is 10.5. The first-order valence-corrected chi connectivity index (χ1v) is 5.07. The molecule has 6 nitrogen and oxygen atoms in total. The second-order valence-electron chi connectivity index (χ2n) is 3.33. The van der Waals surface area contributed by atoms with Gasteiger partial charge in [0.25, 0.3) is 0 Å². The first-order valence-electron chi connectivity index (χ1n) is 5.07. The number of rotatable bonds is 3. The molecule has 6 heteroatoms. The summed E-state index contributed by atoms with van der Waals surface area (Å²) in [6.07, 6.45) is 1.62. The summed E-state index contributed by atoms with van der Waals surface area (Å²) < 4.78 is 6.47. The Morgan fingerprint density at radius 3 is 3.12 bits per heavy atom. The zero-order chi connectivity index (χ0) is 11.5. The molecule has 0 saturated heterocycles. The van der Waals surface area contributed by atoms with Crippen LogP contribution in [-0.4, -0.2) is 32.4 Å². The number of hydrogen-bond donors (Lipinski definition) is 0. The third kappa shape index (κ3) is 1.73. The lowest BCUT2D eigenvalue weighted by Crippen LogP contribution is -2.16. The zero-order valence-electron chi connectivity index (χ0n) is 9.12. The minimum absolute atomic E-state index is 0.317. The quantitative estimate of drug-likeness (QED) is 0.715. The molecular weight excluding hydrogens is 208 g/mol. The van der Waals surface area contributed by atoms with Gasteiger partial charge < -0.3 is 4.74 Å². The molecule has 0 spiro atoms. The lowest BCUT2D eigenvalue weighted by molar-refractivity contribution is -0.144. The van der Waals surface area contributed by atoms with Crippen molar-refractivity contribution in [1.82, 2.24) is 19.8 Å². The summed E-state index contributed by atoms with van der Waals surface area (Å²) in [5.41, 5.74) is 0.619. The van der Waals surface area contributed by atoms with Crippen LogP contribution in [0, 0.1) is 0 Å². The summed E-state index contributed by atoms with van der Waals surface area (Å²) in [6.45, 7) is 3.85. The van der Waals surface area contributed by atoms with Crippen LogP contribution in [0.1, 0.15) is 25.6 Å². The van der Waals surface area contributed by atoms with Crippen LogP contribution in [0.15, 0.2) is 18.3 Å². The van der Waals surface area contributed by atoms with Gasteiger partial charge in [0.1, 0.15) is 5.92 Å². The van der Waals surface area contributed by atoms with Gasteiger partial charge in [-0.2, -0.15) is 9.61 Å². The predicted octanol–water partition coefficient (Wildman–Crippen LogP) is 0.791. The summed E-state index contributed by atoms with van der Waals surface area (Å²) in [5, 5.41) is 12.0. The van der Waals surface area contributed by atoms with Crippen LogP contribution in [0.2, 0.25) is 0 Å². The molecule has 0 amide bonds. The van der Waals surface area contributed by atoms with Crippen LogP contribution in [-0.2, 0) is 9.53 Å². The molecule has 0 aromatic carbocycles. The van der Waals surface area contributed by atoms with Gasteiger partial charge in [-0.05, 0) is 26.0 Å². The Balaban J connectivity index is 2.36. The Labute approximate surface area is 92.2 Å². The van der Waals surface area contributed by atoms with Gasteiger partial charge in [0.15, 0.2) is 11.5 Å². The van der Waals surface area contributed by atoms with Gasteiger partial charge in [-0.25, -0.2) is 0 Å². The molecule has 2 heterocycles. The van der Waals surface area contributed by atoms with Crippen molar-refractivity contribution in [3.63, 3.8) is 0 Å². The Bertz CT molecular complexity index is 508. The highest BCUT2D eigenvalue weighted by molar-refractivity contribution is 5.76. The number of carbonyl (C=O) groups excluding carboxylic acids is 1. The molecule has 1 atom stereocenters. The number of aromatic nitrogens is 4. The molecule has 0 radical (unpaired) electrons. The van der Waals surface area contributed by atoms with Gasteiger partial charge in [-0.1, -0.05) is 0 Å². The molecule has 0 aliphatic heterocycles. The molecule has 0 aliphatic rings. The second kappa shape index (κ2) is 4.26. The van der Waals surface area contributed by atoms with E-state index in [1.165, 1.54) is 0 Å². The predicted molar refractivity (Wildman–Crippen MR) is 55.8 cm³/mol. The summed E-state index contributed by atoms with van der Waals surface area (Å²) in [4.78, 5) is 11.6. The van der Waals surface area contributed by atoms with E-state index in [1.54, 1.807) is 36.7 Å². The smallest absolute Gasteiger partial charge is 0.316 e. The van der Waals surface area contributed by atoms with Crippen LogP contribution in [0.3, 0.4) is 0 Å². The van der Waals surface area contributed by atoms with Crippen molar-refractivity contribution in [1.29, 1.82) is 0 Å². The van der Waals surface area contributed by atoms with Gasteiger partial charge in [-0.3, -0.25) is 4.79 Å². The number of carbonyl (C=O) groups is 1. The number of nitrogens with zero attached hydrogens (tertiary/aromatic N) is 4. The van der Waals surface area contributed by atoms with Crippen LogP contribution in [0.25, 0.3) is 5.65 Å². The molecule has 1 unspecified atom stereocenters. The van der Waals surface area contributed by atoms with Gasteiger partial charge in [-0.15, -0.1) is 10.2 Å². The molecule has 0 aliphatic carbocycles. The van der Waals surface area contributed by atoms with E-state index in [4.69, 9.17) is 4.74 Å². The van der Waals surface area contributed by atoms with E-state index in [2.05, 4.69) is 15.3 Å². The van der Waals surface area contributed by atoms with Crippen LogP contribution < -0.4 is 0 Å². The summed E-state index contributed by atoms with van der Waals surface area (Å²) in [5.74, 6) is -0.290. The minimum atomic E-state index is -0.468. The van der Waals surface area contributed by atoms with E-state index in [1.807, 2.05) is 0 Å². The van der Waals surface area contributed by atoms with Crippen LogP contribution in [0.5, 0.6) is 0 Å². The minimum Gasteiger partial charge on any atom is -0.465 e. The van der Waals surface area contributed by atoms with Crippen molar-refractivity contribution in [2.75, 3.05) is 6.61 Å². The molecule has 2 aromatic heterocycles. The largest absolute Gasteiger partial charge is 0.465 e. The third-order valence-corrected chi connectivity index (χ3v) is 2.23. The van der Waals surface area contributed by atoms with E-state index >= 15 is 0 Å². The molecular formula is C10H12N4O2. The van der Waals surface area contributed by atoms with E-state index in [-0.39, 0.29) is 5.97 Å². The van der Waals surface area contributed by atoms with E-state index in [0.29, 0.717) is 18.1 Å². The Morgan fingerprint density at radius 1 is 1.56 bits per heavy atom. The van der Waals surface area contributed by atoms with Crippen molar-refractivity contribution >= 4 is 11.6 Å². The molecule has 0 fully saturated rings. The Hall–Kier alpha value is -1.98. The molecule has 0 N–H and O–H groups in total. The van der Waals surface area contributed by atoms with Crippen molar-refractivity contribution in [3.8, 4) is 0 Å². The number of hydrogen-bond acceptors (Lipinski definition) is 5. The fourth-order valence-electron chi connectivity index (χ4n) is 1.40. The summed E-state index contributed by atoms with van der Waals surface area (Å²) >= 11 is 0. The van der Waals surface area contributed by atoms with Gasteiger partial charge in [0.2, 0.25) is 0 Å². The van der Waals surface area contributed by atoms with E-state index < -0.39 is 5.92 Å². The maximum Gasteiger partial charge on any atom is 0.316 e. The topological polar surface area (TPSA) is 69.4 Å². The van der Waals surface area contributed by atoms with Gasteiger partial charge in [0, 0.05) is 6.20 Å². The van der Waals surface area contributed by atoms with Crippen molar-refractivity contribution in [2.24, 2.45) is 0 Å². The molecule has 0 bridgehead atoms. The van der Waals surface area contributed by atoms with E-state index in [0.717, 1.165) is 0 Å². The highest BCUT2D eigenvalue weighted by atomic mass is 16.5. The average Bonchev–Trinajstić information content (AvgIpc) is 2.72. The standard InChI is InChI=1S/C10H12N4O2/c1-3-16-10(15)7(2)9-13-12-8-5-4-6-11-14(8)9/h4-7H,3H2,1-2H3. The van der Waals surface area contributed by atoms with E-state index in [9.17, 15) is 4.79 Å². The Kier molecular flexibility index (Phi) is 2.80. The van der Waals surface area contributed by atoms with Crippen LogP contribution >= 0.6 is 0 Å². The number of fused-ring (bicyclic) bond motifs is 1. The zero-order valence-corrected chi connectivity index (χ0v) is 9.12. The number of esters is 1. The van der Waals surface area contributed by atoms with Crippen molar-refractivity contribution < 1.29 is 9.53 Å². The lowest BCUT2D eigenvalue weighted by atomic mass is 10.2. The first-order chi connectivity index (χ1) is 7.74. The highest BCUT2D eigenvalue weighted by Crippen LogP contribution is 2.14. The Morgan fingerprint density at radius 2 is 2.38 bits per heavy atom. The number of ether oxygens (including phenoxy) is 1. The molecule has 84 valence electrons. The monoisotopic (exact) mass is 220 g/mol. The molecule has 2 aromatic rings. The lowest BCUT2D eigenvalue weighted by Gasteiger charge is -2.07. The average molecular weight is 220 g/mol. The summed E-state index contributed by atoms with van der Waals surface area (Å²) in [6, 6.07) is 3.55. The fourth-order valence-corrected chi connectivity index (χ4v) is 1.40. The SMILES string of the molecule is CCOC(=O)C(C)c1nnc2cccnn12. The van der Waals surface area contributed by atoms with Crippen molar-refractivity contribution in [2.45, 2.75) is 19.8 Å². The maximum absolute atomic E-state index is 11.6. The fraction of sp³-hybridized carbons (Fsp3) is 0.400.